The van der Waals surface area contributed by atoms with Crippen LogP contribution in [0, 0.1) is 5.82 Å². The van der Waals surface area contributed by atoms with Crippen molar-refractivity contribution < 1.29 is 36.2 Å². The molecule has 2 aromatic carbocycles. The summed E-state index contributed by atoms with van der Waals surface area (Å²) < 4.78 is 86.5. The summed E-state index contributed by atoms with van der Waals surface area (Å²) in [5.74, 6) is -5.13. The third kappa shape index (κ3) is 5.09. The second-order valence-electron chi connectivity index (χ2n) is 7.45. The number of benzene rings is 2. The number of pyridine rings is 1. The Morgan fingerprint density at radius 3 is 2.06 bits per heavy atom. The molecule has 1 N–H and O–H groups in total. The first-order valence-corrected chi connectivity index (χ1v) is 9.88. The average Bonchev–Trinajstić information content (AvgIpc) is 3.32. The second kappa shape index (κ2) is 8.98. The highest BCUT2D eigenvalue weighted by Crippen LogP contribution is 2.46. The standard InChI is InChI=1S/C22H15F6N5O2/c23-17-6-4-16(5-7-17)20(34,12-33-13-30-31-32-33)21(24,25)19-10-3-15(11-29-19)14-1-8-18(9-2-14)35-22(26,27)28/h1-11,13,34H,12H2. The molecule has 0 aliphatic heterocycles. The molecule has 0 aliphatic carbocycles. The first kappa shape index (κ1) is 24.1. The zero-order valence-corrected chi connectivity index (χ0v) is 17.5. The van der Waals surface area contributed by atoms with Gasteiger partial charge in [0.05, 0.1) is 6.54 Å². The van der Waals surface area contributed by atoms with E-state index in [4.69, 9.17) is 0 Å². The molecule has 4 rings (SSSR count). The topological polar surface area (TPSA) is 86.0 Å². The van der Waals surface area contributed by atoms with Crippen LogP contribution in [0.5, 0.6) is 5.75 Å². The van der Waals surface area contributed by atoms with Gasteiger partial charge >= 0.3 is 12.3 Å². The minimum atomic E-state index is -4.85. The van der Waals surface area contributed by atoms with Crippen molar-refractivity contribution >= 4 is 0 Å². The van der Waals surface area contributed by atoms with Gasteiger partial charge in [-0.2, -0.15) is 8.78 Å². The predicted molar refractivity (Wildman–Crippen MR) is 108 cm³/mol. The van der Waals surface area contributed by atoms with E-state index in [9.17, 15) is 22.7 Å². The molecule has 0 spiro atoms. The summed E-state index contributed by atoms with van der Waals surface area (Å²) in [6, 6.07) is 10.9. The highest BCUT2D eigenvalue weighted by Gasteiger charge is 2.56. The van der Waals surface area contributed by atoms with E-state index >= 15 is 8.78 Å². The molecule has 35 heavy (non-hydrogen) atoms. The quantitative estimate of drug-likeness (QED) is 0.382. The SMILES string of the molecule is OC(Cn1cnnn1)(c1ccc(F)cc1)C(F)(F)c1ccc(-c2ccc(OC(F)(F)F)cc2)cn1. The minimum Gasteiger partial charge on any atom is -0.406 e. The Balaban J connectivity index is 1.65. The maximum atomic E-state index is 15.7. The molecule has 0 saturated heterocycles. The number of aliphatic hydroxyl groups is 1. The van der Waals surface area contributed by atoms with Crippen molar-refractivity contribution in [3.8, 4) is 16.9 Å². The number of tetrazole rings is 1. The number of aromatic nitrogens is 5. The molecule has 0 saturated carbocycles. The molecule has 182 valence electrons. The van der Waals surface area contributed by atoms with Gasteiger partial charge in [0.2, 0.25) is 0 Å². The summed E-state index contributed by atoms with van der Waals surface area (Å²) in [4.78, 5) is 3.79. The van der Waals surface area contributed by atoms with Crippen molar-refractivity contribution in [1.29, 1.82) is 0 Å². The third-order valence-electron chi connectivity index (χ3n) is 5.13. The van der Waals surface area contributed by atoms with Crippen molar-refractivity contribution in [2.24, 2.45) is 0 Å². The Morgan fingerprint density at radius 2 is 1.51 bits per heavy atom. The van der Waals surface area contributed by atoms with Crippen LogP contribution in [0.1, 0.15) is 11.3 Å². The number of ether oxygens (including phenoxy) is 1. The van der Waals surface area contributed by atoms with Crippen molar-refractivity contribution in [2.75, 3.05) is 0 Å². The van der Waals surface area contributed by atoms with E-state index in [2.05, 4.69) is 25.2 Å². The van der Waals surface area contributed by atoms with Crippen LogP contribution >= 0.6 is 0 Å². The van der Waals surface area contributed by atoms with Crippen molar-refractivity contribution in [3.05, 3.63) is 90.3 Å². The molecule has 13 heteroatoms. The fourth-order valence-corrected chi connectivity index (χ4v) is 3.40. The van der Waals surface area contributed by atoms with Gasteiger partial charge in [0, 0.05) is 11.8 Å². The first-order chi connectivity index (χ1) is 16.5. The fourth-order valence-electron chi connectivity index (χ4n) is 3.40. The Kier molecular flexibility index (Phi) is 6.19. The Hall–Kier alpha value is -4.00. The number of halogens is 6. The predicted octanol–water partition coefficient (Wildman–Crippen LogP) is 4.45. The zero-order valence-electron chi connectivity index (χ0n) is 17.5. The molecule has 0 aliphatic rings. The van der Waals surface area contributed by atoms with Crippen molar-refractivity contribution in [3.63, 3.8) is 0 Å². The van der Waals surface area contributed by atoms with Crippen LogP contribution in [0.15, 0.2) is 73.2 Å². The van der Waals surface area contributed by atoms with Crippen LogP contribution in [0.2, 0.25) is 0 Å². The summed E-state index contributed by atoms with van der Waals surface area (Å²) in [7, 11) is 0. The van der Waals surface area contributed by atoms with Gasteiger partial charge in [-0.25, -0.2) is 9.07 Å². The summed E-state index contributed by atoms with van der Waals surface area (Å²) in [5, 5.41) is 21.5. The highest BCUT2D eigenvalue weighted by molar-refractivity contribution is 5.63. The fraction of sp³-hybridized carbons (Fsp3) is 0.182. The molecule has 0 fully saturated rings. The van der Waals surface area contributed by atoms with E-state index in [-0.39, 0.29) is 5.56 Å². The van der Waals surface area contributed by atoms with Crippen LogP contribution < -0.4 is 4.74 Å². The lowest BCUT2D eigenvalue weighted by atomic mass is 9.85. The molecule has 2 aromatic heterocycles. The van der Waals surface area contributed by atoms with Gasteiger partial charge in [-0.3, -0.25) is 4.98 Å². The van der Waals surface area contributed by atoms with Gasteiger partial charge in [-0.05, 0) is 51.9 Å². The lowest BCUT2D eigenvalue weighted by Crippen LogP contribution is -2.47. The Morgan fingerprint density at radius 1 is 0.857 bits per heavy atom. The molecule has 1 unspecified atom stereocenters. The molecular formula is C22H15F6N5O2. The summed E-state index contributed by atoms with van der Waals surface area (Å²) >= 11 is 0. The summed E-state index contributed by atoms with van der Waals surface area (Å²) in [6.45, 7) is -0.775. The highest BCUT2D eigenvalue weighted by atomic mass is 19.4. The van der Waals surface area contributed by atoms with E-state index in [0.717, 1.165) is 59.7 Å². The zero-order chi connectivity index (χ0) is 25.3. The number of hydrogen-bond acceptors (Lipinski definition) is 6. The van der Waals surface area contributed by atoms with Gasteiger partial charge in [0.25, 0.3) is 0 Å². The first-order valence-electron chi connectivity index (χ1n) is 9.88. The Labute approximate surface area is 193 Å². The number of rotatable bonds is 7. The lowest BCUT2D eigenvalue weighted by Gasteiger charge is -2.35. The maximum Gasteiger partial charge on any atom is 0.573 e. The van der Waals surface area contributed by atoms with Crippen LogP contribution in [-0.2, 0) is 18.1 Å². The summed E-state index contributed by atoms with van der Waals surface area (Å²) in [5.41, 5.74) is -3.30. The monoisotopic (exact) mass is 495 g/mol. The number of nitrogens with zero attached hydrogens (tertiary/aromatic N) is 5. The molecule has 7 nitrogen and oxygen atoms in total. The normalized spacial score (nSPS) is 13.9. The number of alkyl halides is 5. The van der Waals surface area contributed by atoms with Crippen molar-refractivity contribution in [1.82, 2.24) is 25.2 Å². The van der Waals surface area contributed by atoms with E-state index in [1.807, 2.05) is 0 Å². The second-order valence-corrected chi connectivity index (χ2v) is 7.45. The largest absolute Gasteiger partial charge is 0.573 e. The molecule has 2 heterocycles. The third-order valence-corrected chi connectivity index (χ3v) is 5.13. The lowest BCUT2D eigenvalue weighted by molar-refractivity contribution is -0.274. The van der Waals surface area contributed by atoms with E-state index in [0.29, 0.717) is 11.1 Å². The van der Waals surface area contributed by atoms with E-state index in [1.54, 1.807) is 0 Å². The maximum absolute atomic E-state index is 15.7. The van der Waals surface area contributed by atoms with Gasteiger partial charge in [-0.15, -0.1) is 18.3 Å². The molecular weight excluding hydrogens is 480 g/mol. The molecule has 0 radical (unpaired) electrons. The minimum absolute atomic E-state index is 0.300. The van der Waals surface area contributed by atoms with E-state index in [1.165, 1.54) is 18.2 Å². The van der Waals surface area contributed by atoms with Crippen LogP contribution in [0.3, 0.4) is 0 Å². The van der Waals surface area contributed by atoms with Gasteiger partial charge in [0.15, 0.2) is 5.60 Å². The summed E-state index contributed by atoms with van der Waals surface area (Å²) in [6.07, 6.45) is -2.72. The van der Waals surface area contributed by atoms with Crippen LogP contribution in [0.25, 0.3) is 11.1 Å². The van der Waals surface area contributed by atoms with E-state index < -0.39 is 41.7 Å². The molecule has 0 amide bonds. The molecule has 1 atom stereocenters. The van der Waals surface area contributed by atoms with Gasteiger partial charge in [0.1, 0.15) is 23.6 Å². The number of hydrogen-bond donors (Lipinski definition) is 1. The average molecular weight is 495 g/mol. The van der Waals surface area contributed by atoms with Gasteiger partial charge in [-0.1, -0.05) is 30.3 Å². The van der Waals surface area contributed by atoms with Crippen LogP contribution in [0.4, 0.5) is 26.3 Å². The smallest absolute Gasteiger partial charge is 0.406 e. The van der Waals surface area contributed by atoms with Crippen molar-refractivity contribution in [2.45, 2.75) is 24.4 Å². The molecule has 0 bridgehead atoms. The Bertz CT molecular complexity index is 1260. The van der Waals surface area contributed by atoms with Gasteiger partial charge < -0.3 is 9.84 Å². The molecule has 4 aromatic rings. The van der Waals surface area contributed by atoms with Crippen LogP contribution in [-0.4, -0.2) is 36.7 Å².